The summed E-state index contributed by atoms with van der Waals surface area (Å²) in [6.07, 6.45) is 0. The normalized spacial score (nSPS) is 11.4. The van der Waals surface area contributed by atoms with Crippen LogP contribution in [0.25, 0.3) is 0 Å². The summed E-state index contributed by atoms with van der Waals surface area (Å²) in [6.45, 7) is 5.28. The number of amides is 1. The van der Waals surface area contributed by atoms with E-state index in [0.717, 1.165) is 10.2 Å². The number of rotatable bonds is 6. The number of hydrogen-bond donors (Lipinski definition) is 1. The fourth-order valence-corrected chi connectivity index (χ4v) is 1.78. The Morgan fingerprint density at radius 3 is 2.47 bits per heavy atom. The van der Waals surface area contributed by atoms with Crippen molar-refractivity contribution >= 4 is 34.2 Å². The number of carbonyl (C=O) groups is 1. The van der Waals surface area contributed by atoms with Gasteiger partial charge in [0, 0.05) is 11.0 Å². The summed E-state index contributed by atoms with van der Waals surface area (Å²) >= 11 is 3.36. The maximum Gasteiger partial charge on any atom is 0.239 e. The zero-order chi connectivity index (χ0) is 13.5. The molecule has 0 radical (unpaired) electrons. The van der Waals surface area contributed by atoms with Gasteiger partial charge in [-0.15, -0.1) is 12.4 Å². The molecule has 19 heavy (non-hydrogen) atoms. The number of nitrogens with zero attached hydrogens (tertiary/aromatic N) is 1. The van der Waals surface area contributed by atoms with Crippen LogP contribution in [0.15, 0.2) is 28.7 Å². The number of benzene rings is 1. The third kappa shape index (κ3) is 6.27. The van der Waals surface area contributed by atoms with Crippen molar-refractivity contribution < 1.29 is 9.53 Å². The van der Waals surface area contributed by atoms with Crippen molar-refractivity contribution in [2.75, 3.05) is 19.7 Å². The molecule has 1 atom stereocenters. The molecule has 0 unspecified atom stereocenters. The highest BCUT2D eigenvalue weighted by Crippen LogP contribution is 2.15. The van der Waals surface area contributed by atoms with Gasteiger partial charge in [-0.3, -0.25) is 4.79 Å². The second kappa shape index (κ2) is 9.18. The lowest BCUT2D eigenvalue weighted by atomic mass is 10.3. The number of halogens is 2. The Morgan fingerprint density at radius 2 is 2.00 bits per heavy atom. The minimum absolute atomic E-state index is 0. The first-order chi connectivity index (χ1) is 8.54. The first-order valence-corrected chi connectivity index (χ1v) is 6.76. The SMILES string of the molecule is CCN(CCOc1ccc(Br)cc1)C(=O)[C@H](C)N.Cl. The quantitative estimate of drug-likeness (QED) is 0.856. The molecule has 2 N–H and O–H groups in total. The van der Waals surface area contributed by atoms with Gasteiger partial charge < -0.3 is 15.4 Å². The van der Waals surface area contributed by atoms with Gasteiger partial charge in [0.15, 0.2) is 0 Å². The predicted molar refractivity (Wildman–Crippen MR) is 82.8 cm³/mol. The zero-order valence-electron chi connectivity index (χ0n) is 11.1. The molecule has 0 fully saturated rings. The van der Waals surface area contributed by atoms with Gasteiger partial charge in [0.2, 0.25) is 5.91 Å². The highest BCUT2D eigenvalue weighted by molar-refractivity contribution is 9.10. The first-order valence-electron chi connectivity index (χ1n) is 5.97. The van der Waals surface area contributed by atoms with Crippen LogP contribution >= 0.6 is 28.3 Å². The van der Waals surface area contributed by atoms with Crippen molar-refractivity contribution in [3.05, 3.63) is 28.7 Å². The van der Waals surface area contributed by atoms with E-state index >= 15 is 0 Å². The van der Waals surface area contributed by atoms with Gasteiger partial charge in [0.05, 0.1) is 12.6 Å². The smallest absolute Gasteiger partial charge is 0.239 e. The maximum atomic E-state index is 11.7. The van der Waals surface area contributed by atoms with E-state index in [2.05, 4.69) is 15.9 Å². The van der Waals surface area contributed by atoms with Crippen LogP contribution in [-0.4, -0.2) is 36.5 Å². The summed E-state index contributed by atoms with van der Waals surface area (Å²) in [6, 6.07) is 7.14. The first kappa shape index (κ1) is 18.2. The van der Waals surface area contributed by atoms with Crippen LogP contribution in [0.5, 0.6) is 5.75 Å². The molecular weight excluding hydrogens is 332 g/mol. The number of nitrogens with two attached hydrogens (primary N) is 1. The highest BCUT2D eigenvalue weighted by Gasteiger charge is 2.15. The summed E-state index contributed by atoms with van der Waals surface area (Å²) in [7, 11) is 0. The van der Waals surface area contributed by atoms with E-state index in [0.29, 0.717) is 19.7 Å². The van der Waals surface area contributed by atoms with Crippen LogP contribution in [-0.2, 0) is 4.79 Å². The molecule has 1 amide bonds. The van der Waals surface area contributed by atoms with Gasteiger partial charge >= 0.3 is 0 Å². The van der Waals surface area contributed by atoms with Crippen molar-refractivity contribution in [2.45, 2.75) is 19.9 Å². The van der Waals surface area contributed by atoms with Gasteiger partial charge in [-0.05, 0) is 38.1 Å². The highest BCUT2D eigenvalue weighted by atomic mass is 79.9. The van der Waals surface area contributed by atoms with Crippen molar-refractivity contribution in [3.8, 4) is 5.75 Å². The van der Waals surface area contributed by atoms with Crippen LogP contribution in [0.4, 0.5) is 0 Å². The number of hydrogen-bond acceptors (Lipinski definition) is 3. The van der Waals surface area contributed by atoms with Crippen molar-refractivity contribution in [2.24, 2.45) is 5.73 Å². The molecule has 0 aliphatic heterocycles. The molecule has 0 saturated heterocycles. The van der Waals surface area contributed by atoms with E-state index in [1.165, 1.54) is 0 Å². The molecular formula is C13H20BrClN2O2. The molecule has 0 aliphatic rings. The van der Waals surface area contributed by atoms with Gasteiger partial charge in [0.25, 0.3) is 0 Å². The number of carbonyl (C=O) groups excluding carboxylic acids is 1. The lowest BCUT2D eigenvalue weighted by molar-refractivity contribution is -0.132. The zero-order valence-corrected chi connectivity index (χ0v) is 13.5. The van der Waals surface area contributed by atoms with E-state index in [-0.39, 0.29) is 18.3 Å². The van der Waals surface area contributed by atoms with Crippen LogP contribution in [0.1, 0.15) is 13.8 Å². The van der Waals surface area contributed by atoms with E-state index in [4.69, 9.17) is 10.5 Å². The minimum Gasteiger partial charge on any atom is -0.492 e. The Kier molecular flexibility index (Phi) is 8.80. The molecule has 4 nitrogen and oxygen atoms in total. The third-order valence-corrected chi connectivity index (χ3v) is 3.06. The Bertz CT molecular complexity index is 385. The van der Waals surface area contributed by atoms with E-state index in [9.17, 15) is 4.79 Å². The molecule has 0 spiro atoms. The van der Waals surface area contributed by atoms with Crippen molar-refractivity contribution in [1.82, 2.24) is 4.90 Å². The minimum atomic E-state index is -0.461. The summed E-state index contributed by atoms with van der Waals surface area (Å²) in [5.41, 5.74) is 5.57. The summed E-state index contributed by atoms with van der Waals surface area (Å²) in [5.74, 6) is 0.749. The topological polar surface area (TPSA) is 55.6 Å². The number of likely N-dealkylation sites (N-methyl/N-ethyl adjacent to an activating group) is 1. The monoisotopic (exact) mass is 350 g/mol. The fraction of sp³-hybridized carbons (Fsp3) is 0.462. The third-order valence-electron chi connectivity index (χ3n) is 2.53. The maximum absolute atomic E-state index is 11.7. The summed E-state index contributed by atoms with van der Waals surface area (Å²) in [5, 5.41) is 0. The Hall–Kier alpha value is -0.780. The van der Waals surface area contributed by atoms with Gasteiger partial charge in [-0.2, -0.15) is 0 Å². The Morgan fingerprint density at radius 1 is 1.42 bits per heavy atom. The van der Waals surface area contributed by atoms with E-state index in [1.807, 2.05) is 31.2 Å². The standard InChI is InChI=1S/C13H19BrN2O2.ClH/c1-3-16(13(17)10(2)15)8-9-18-12-6-4-11(14)5-7-12;/h4-7,10H,3,8-9,15H2,1-2H3;1H/t10-;/m0./s1. The lowest BCUT2D eigenvalue weighted by Crippen LogP contribution is -2.43. The van der Waals surface area contributed by atoms with Crippen LogP contribution < -0.4 is 10.5 Å². The molecule has 1 aromatic rings. The molecule has 1 aromatic carbocycles. The molecule has 6 heteroatoms. The second-order valence-corrected chi connectivity index (χ2v) is 4.92. The summed E-state index contributed by atoms with van der Waals surface area (Å²) in [4.78, 5) is 13.4. The Labute approximate surface area is 128 Å². The second-order valence-electron chi connectivity index (χ2n) is 4.01. The number of ether oxygens (including phenoxy) is 1. The fourth-order valence-electron chi connectivity index (χ4n) is 1.52. The molecule has 0 saturated carbocycles. The van der Waals surface area contributed by atoms with Crippen molar-refractivity contribution in [1.29, 1.82) is 0 Å². The van der Waals surface area contributed by atoms with Crippen LogP contribution in [0.3, 0.4) is 0 Å². The Balaban J connectivity index is 0.00000324. The van der Waals surface area contributed by atoms with E-state index in [1.54, 1.807) is 11.8 Å². The molecule has 0 heterocycles. The largest absolute Gasteiger partial charge is 0.492 e. The van der Waals surface area contributed by atoms with Gasteiger partial charge in [-0.25, -0.2) is 0 Å². The molecule has 108 valence electrons. The van der Waals surface area contributed by atoms with Crippen LogP contribution in [0, 0.1) is 0 Å². The van der Waals surface area contributed by atoms with Gasteiger partial charge in [0.1, 0.15) is 12.4 Å². The van der Waals surface area contributed by atoms with Crippen molar-refractivity contribution in [3.63, 3.8) is 0 Å². The lowest BCUT2D eigenvalue weighted by Gasteiger charge is -2.22. The molecule has 1 rings (SSSR count). The molecule has 0 aromatic heterocycles. The van der Waals surface area contributed by atoms with E-state index < -0.39 is 6.04 Å². The summed E-state index contributed by atoms with van der Waals surface area (Å²) < 4.78 is 6.58. The molecule has 0 bridgehead atoms. The average Bonchev–Trinajstić information content (AvgIpc) is 2.36. The molecule has 0 aliphatic carbocycles. The predicted octanol–water partition coefficient (Wildman–Crippen LogP) is 2.45. The van der Waals surface area contributed by atoms with Crippen LogP contribution in [0.2, 0.25) is 0 Å². The average molecular weight is 352 g/mol. The van der Waals surface area contributed by atoms with Gasteiger partial charge in [-0.1, -0.05) is 15.9 Å².